The van der Waals surface area contributed by atoms with Crippen LogP contribution in [-0.2, 0) is 11.5 Å². The number of aliphatic hydroxyl groups is 2. The summed E-state index contributed by atoms with van der Waals surface area (Å²) in [6, 6.07) is 0. The van der Waals surface area contributed by atoms with Gasteiger partial charge in [0.05, 0.1) is 26.1 Å². The fourth-order valence-corrected chi connectivity index (χ4v) is 1.55. The van der Waals surface area contributed by atoms with Crippen LogP contribution >= 0.6 is 0 Å². The van der Waals surface area contributed by atoms with Crippen molar-refractivity contribution in [2.75, 3.05) is 25.6 Å². The van der Waals surface area contributed by atoms with Crippen molar-refractivity contribution in [3.8, 4) is 0 Å². The summed E-state index contributed by atoms with van der Waals surface area (Å²) in [5.41, 5.74) is 5.55. The van der Waals surface area contributed by atoms with Crippen LogP contribution in [0.15, 0.2) is 11.1 Å². The van der Waals surface area contributed by atoms with E-state index in [1.54, 1.807) is 0 Å². The molecule has 0 amide bonds. The molecule has 104 valence electrons. The molecule has 0 aliphatic rings. The molecule has 2 heterocycles. The zero-order valence-electron chi connectivity index (χ0n) is 10.1. The van der Waals surface area contributed by atoms with Crippen LogP contribution in [0.5, 0.6) is 0 Å². The zero-order chi connectivity index (χ0) is 13.8. The topological polar surface area (TPSA) is 139 Å². The van der Waals surface area contributed by atoms with Crippen molar-refractivity contribution in [1.82, 2.24) is 19.5 Å². The molecule has 0 aromatic carbocycles. The zero-order valence-corrected chi connectivity index (χ0v) is 10.1. The third kappa shape index (κ3) is 2.89. The second kappa shape index (κ2) is 5.78. The van der Waals surface area contributed by atoms with Crippen LogP contribution < -0.4 is 11.3 Å². The lowest BCUT2D eigenvalue weighted by Gasteiger charge is -2.11. The molecule has 19 heavy (non-hydrogen) atoms. The van der Waals surface area contributed by atoms with Gasteiger partial charge in [0.1, 0.15) is 6.73 Å². The molecule has 0 radical (unpaired) electrons. The maximum atomic E-state index is 11.5. The van der Waals surface area contributed by atoms with E-state index < -0.39 is 5.56 Å². The Hall–Kier alpha value is -1.97. The molecule has 5 N–H and O–H groups in total. The van der Waals surface area contributed by atoms with Crippen LogP contribution in [0.3, 0.4) is 0 Å². The normalized spacial score (nSPS) is 11.5. The van der Waals surface area contributed by atoms with Gasteiger partial charge in [0.15, 0.2) is 11.2 Å². The second-order valence-electron chi connectivity index (χ2n) is 4.07. The first-order chi connectivity index (χ1) is 9.15. The summed E-state index contributed by atoms with van der Waals surface area (Å²) in [5.74, 6) is -0.334. The third-order valence-corrected chi connectivity index (χ3v) is 2.59. The highest BCUT2D eigenvalue weighted by Gasteiger charge is 2.10. The van der Waals surface area contributed by atoms with E-state index in [4.69, 9.17) is 20.7 Å². The molecule has 0 atom stereocenters. The molecule has 9 nitrogen and oxygen atoms in total. The number of nitrogen functional groups attached to an aromatic ring is 1. The van der Waals surface area contributed by atoms with Gasteiger partial charge in [0, 0.05) is 5.92 Å². The van der Waals surface area contributed by atoms with Gasteiger partial charge < -0.3 is 20.7 Å². The van der Waals surface area contributed by atoms with Crippen molar-refractivity contribution in [3.63, 3.8) is 0 Å². The number of nitrogens with zero attached hydrogens (tertiary/aromatic N) is 3. The van der Waals surface area contributed by atoms with Crippen LogP contribution in [-0.4, -0.2) is 49.6 Å². The highest BCUT2D eigenvalue weighted by molar-refractivity contribution is 5.70. The highest BCUT2D eigenvalue weighted by atomic mass is 16.5. The lowest BCUT2D eigenvalue weighted by atomic mass is 10.2. The number of aliphatic hydroxyl groups excluding tert-OH is 2. The molecular formula is C10H15N5O4. The number of nitrogens with two attached hydrogens (primary N) is 1. The largest absolute Gasteiger partial charge is 0.396 e. The van der Waals surface area contributed by atoms with Crippen LogP contribution in [0.1, 0.15) is 0 Å². The van der Waals surface area contributed by atoms with Crippen molar-refractivity contribution in [2.24, 2.45) is 5.92 Å². The smallest absolute Gasteiger partial charge is 0.280 e. The lowest BCUT2D eigenvalue weighted by Crippen LogP contribution is -2.19. The number of aromatic amines is 1. The number of hydrogen-bond acceptors (Lipinski definition) is 7. The summed E-state index contributed by atoms with van der Waals surface area (Å²) in [7, 11) is 0. The molecule has 2 rings (SSSR count). The second-order valence-corrected chi connectivity index (χ2v) is 4.07. The number of ether oxygens (including phenoxy) is 1. The van der Waals surface area contributed by atoms with Crippen molar-refractivity contribution in [2.45, 2.75) is 6.73 Å². The Kier molecular flexibility index (Phi) is 4.10. The molecule has 0 aliphatic heterocycles. The van der Waals surface area contributed by atoms with E-state index in [-0.39, 0.29) is 43.9 Å². The quantitative estimate of drug-likeness (QED) is 0.489. The van der Waals surface area contributed by atoms with Crippen LogP contribution in [0.2, 0.25) is 0 Å². The molecule has 9 heteroatoms. The van der Waals surface area contributed by atoms with Gasteiger partial charge in [-0.15, -0.1) is 0 Å². The molecule has 2 aromatic rings. The van der Waals surface area contributed by atoms with E-state index in [1.807, 2.05) is 0 Å². The average molecular weight is 269 g/mol. The number of imidazole rings is 1. The minimum atomic E-state index is -0.412. The summed E-state index contributed by atoms with van der Waals surface area (Å²) >= 11 is 0. The lowest BCUT2D eigenvalue weighted by molar-refractivity contribution is 0.0152. The van der Waals surface area contributed by atoms with E-state index in [9.17, 15) is 4.79 Å². The van der Waals surface area contributed by atoms with Gasteiger partial charge in [0.2, 0.25) is 5.95 Å². The van der Waals surface area contributed by atoms with Crippen molar-refractivity contribution >= 4 is 17.1 Å². The average Bonchev–Trinajstić information content (AvgIpc) is 2.78. The van der Waals surface area contributed by atoms with Gasteiger partial charge >= 0.3 is 0 Å². The Morgan fingerprint density at radius 2 is 2.21 bits per heavy atom. The van der Waals surface area contributed by atoms with Gasteiger partial charge in [0.25, 0.3) is 5.56 Å². The van der Waals surface area contributed by atoms with Crippen molar-refractivity contribution < 1.29 is 14.9 Å². The van der Waals surface area contributed by atoms with Crippen molar-refractivity contribution in [1.29, 1.82) is 0 Å². The summed E-state index contributed by atoms with van der Waals surface area (Å²) in [6.45, 7) is -0.0354. The molecule has 2 aromatic heterocycles. The molecule has 0 spiro atoms. The SMILES string of the molecule is Nc1nc2c(ncn2COCC(CO)CO)c(=O)[nH]1. The van der Waals surface area contributed by atoms with E-state index >= 15 is 0 Å². The number of rotatable bonds is 6. The first-order valence-corrected chi connectivity index (χ1v) is 5.65. The Balaban J connectivity index is 2.11. The van der Waals surface area contributed by atoms with E-state index in [1.165, 1.54) is 10.9 Å². The first-order valence-electron chi connectivity index (χ1n) is 5.65. The Morgan fingerprint density at radius 3 is 2.89 bits per heavy atom. The fraction of sp³-hybridized carbons (Fsp3) is 0.500. The van der Waals surface area contributed by atoms with E-state index in [0.717, 1.165) is 0 Å². The monoisotopic (exact) mass is 269 g/mol. The van der Waals surface area contributed by atoms with Gasteiger partial charge in [-0.25, -0.2) is 4.98 Å². The molecular weight excluding hydrogens is 254 g/mol. The molecule has 0 unspecified atom stereocenters. The van der Waals surface area contributed by atoms with Crippen LogP contribution in [0, 0.1) is 5.92 Å². The first kappa shape index (κ1) is 13.5. The highest BCUT2D eigenvalue weighted by Crippen LogP contribution is 2.07. The van der Waals surface area contributed by atoms with Crippen LogP contribution in [0.25, 0.3) is 11.2 Å². The number of nitrogens with one attached hydrogen (secondary N) is 1. The standard InChI is InChI=1S/C10H15N5O4/c11-10-13-8-7(9(18)14-10)12-4-15(8)5-19-3-6(1-16)2-17/h4,6,16-17H,1-3,5H2,(H3,11,13,14,18). The minimum absolute atomic E-state index is 0.00263. The predicted molar refractivity (Wildman–Crippen MR) is 66.2 cm³/mol. The van der Waals surface area contributed by atoms with Gasteiger partial charge in [-0.05, 0) is 0 Å². The van der Waals surface area contributed by atoms with Gasteiger partial charge in [-0.2, -0.15) is 4.98 Å². The predicted octanol–water partition coefficient (Wildman–Crippen LogP) is -1.72. The molecule has 0 fully saturated rings. The maximum Gasteiger partial charge on any atom is 0.280 e. The number of aromatic nitrogens is 4. The van der Waals surface area contributed by atoms with Crippen LogP contribution in [0.4, 0.5) is 5.95 Å². The van der Waals surface area contributed by atoms with Gasteiger partial charge in [-0.3, -0.25) is 14.3 Å². The van der Waals surface area contributed by atoms with E-state index in [2.05, 4.69) is 15.0 Å². The molecule has 0 saturated carbocycles. The maximum absolute atomic E-state index is 11.5. The number of H-pyrrole nitrogens is 1. The summed E-state index contributed by atoms with van der Waals surface area (Å²) in [6.07, 6.45) is 1.42. The third-order valence-electron chi connectivity index (χ3n) is 2.59. The van der Waals surface area contributed by atoms with Gasteiger partial charge in [-0.1, -0.05) is 0 Å². The summed E-state index contributed by atoms with van der Waals surface area (Å²) in [5, 5.41) is 17.8. The summed E-state index contributed by atoms with van der Waals surface area (Å²) in [4.78, 5) is 21.8. The Morgan fingerprint density at radius 1 is 1.47 bits per heavy atom. The Bertz CT molecular complexity index is 603. The fourth-order valence-electron chi connectivity index (χ4n) is 1.55. The molecule has 0 aliphatic carbocycles. The summed E-state index contributed by atoms with van der Waals surface area (Å²) < 4.78 is 6.84. The number of hydrogen-bond donors (Lipinski definition) is 4. The van der Waals surface area contributed by atoms with Crippen molar-refractivity contribution in [3.05, 3.63) is 16.7 Å². The molecule has 0 bridgehead atoms. The van der Waals surface area contributed by atoms with E-state index in [0.29, 0.717) is 5.65 Å². The molecule has 0 saturated heterocycles. The number of fused-ring (bicyclic) bond motifs is 1. The number of anilines is 1. The Labute approximate surface area is 107 Å². The minimum Gasteiger partial charge on any atom is -0.396 e.